The van der Waals surface area contributed by atoms with Crippen LogP contribution in [0.25, 0.3) is 0 Å². The Kier molecular flexibility index (Phi) is 5.28. The first kappa shape index (κ1) is 18.2. The third-order valence-corrected chi connectivity index (χ3v) is 5.55. The average Bonchev–Trinajstić information content (AvgIpc) is 3.26. The summed E-state index contributed by atoms with van der Waals surface area (Å²) < 4.78 is 15.5. The van der Waals surface area contributed by atoms with Gasteiger partial charge in [-0.3, -0.25) is 4.90 Å². The maximum Gasteiger partial charge on any atom is 0.126 e. The molecule has 140 valence electrons. The molecule has 1 saturated heterocycles. The number of nitrogens with zero attached hydrogens (tertiary/aromatic N) is 3. The van der Waals surface area contributed by atoms with Crippen LogP contribution in [0.2, 0.25) is 5.02 Å². The number of aryl methyl sites for hydroxylation is 1. The summed E-state index contributed by atoms with van der Waals surface area (Å²) >= 11 is 6.01. The summed E-state index contributed by atoms with van der Waals surface area (Å²) in [7, 11) is 0. The molecule has 1 atom stereocenters. The molecule has 0 N–H and O–H groups in total. The van der Waals surface area contributed by atoms with Gasteiger partial charge in [0.25, 0.3) is 0 Å². The van der Waals surface area contributed by atoms with Gasteiger partial charge in [0.2, 0.25) is 0 Å². The van der Waals surface area contributed by atoms with E-state index in [1.165, 1.54) is 24.1 Å². The van der Waals surface area contributed by atoms with Gasteiger partial charge in [0.15, 0.2) is 0 Å². The molecular weight excluding hydrogens is 361 g/mol. The number of hydrogen-bond donors (Lipinski definition) is 0. The van der Waals surface area contributed by atoms with E-state index < -0.39 is 0 Å². The Balaban J connectivity index is 1.56. The highest BCUT2D eigenvalue weighted by atomic mass is 35.5. The molecule has 0 saturated carbocycles. The van der Waals surface area contributed by atoms with Crippen molar-refractivity contribution < 1.29 is 4.39 Å². The number of imidazole rings is 1. The van der Waals surface area contributed by atoms with E-state index in [4.69, 9.17) is 16.6 Å². The number of benzene rings is 2. The van der Waals surface area contributed by atoms with Crippen molar-refractivity contribution in [3.63, 3.8) is 0 Å². The van der Waals surface area contributed by atoms with Gasteiger partial charge < -0.3 is 4.57 Å². The predicted molar refractivity (Wildman–Crippen MR) is 106 cm³/mol. The lowest BCUT2D eigenvalue weighted by Gasteiger charge is -2.25. The molecule has 0 amide bonds. The smallest absolute Gasteiger partial charge is 0.126 e. The molecular formula is C22H23ClFN3. The van der Waals surface area contributed by atoms with Crippen molar-refractivity contribution in [2.45, 2.75) is 38.9 Å². The van der Waals surface area contributed by atoms with Crippen molar-refractivity contribution >= 4 is 11.6 Å². The van der Waals surface area contributed by atoms with Crippen LogP contribution in [-0.4, -0.2) is 21.0 Å². The lowest BCUT2D eigenvalue weighted by Crippen LogP contribution is -2.25. The minimum atomic E-state index is -0.203. The standard InChI is InChI=1S/C22H23ClFN3/c1-16-13-25-22(27(16)15-18-6-10-20(24)11-7-18)21-3-2-12-26(21)14-17-4-8-19(23)9-5-17/h4-11,13,21H,2-3,12,14-15H2,1H3. The van der Waals surface area contributed by atoms with Gasteiger partial charge in [-0.1, -0.05) is 35.9 Å². The second kappa shape index (κ2) is 7.83. The average molecular weight is 384 g/mol. The number of hydrogen-bond acceptors (Lipinski definition) is 2. The van der Waals surface area contributed by atoms with Gasteiger partial charge >= 0.3 is 0 Å². The zero-order valence-electron chi connectivity index (χ0n) is 15.4. The SMILES string of the molecule is Cc1cnc(C2CCCN2Cc2ccc(Cl)cc2)n1Cc1ccc(F)cc1. The Labute approximate surface area is 164 Å². The van der Waals surface area contributed by atoms with Crippen molar-refractivity contribution in [3.05, 3.63) is 88.2 Å². The number of halogens is 2. The van der Waals surface area contributed by atoms with Crippen LogP contribution in [0.1, 0.15) is 41.5 Å². The normalized spacial score (nSPS) is 17.5. The third kappa shape index (κ3) is 4.07. The quantitative estimate of drug-likeness (QED) is 0.590. The third-order valence-electron chi connectivity index (χ3n) is 5.30. The van der Waals surface area contributed by atoms with Crippen LogP contribution in [0.4, 0.5) is 4.39 Å². The van der Waals surface area contributed by atoms with Crippen molar-refractivity contribution in [2.75, 3.05) is 6.54 Å². The van der Waals surface area contributed by atoms with Crippen LogP contribution in [0, 0.1) is 12.7 Å². The highest BCUT2D eigenvalue weighted by Crippen LogP contribution is 2.33. The van der Waals surface area contributed by atoms with Crippen molar-refractivity contribution in [1.29, 1.82) is 0 Å². The largest absolute Gasteiger partial charge is 0.327 e. The second-order valence-electron chi connectivity index (χ2n) is 7.23. The van der Waals surface area contributed by atoms with Crippen molar-refractivity contribution in [3.8, 4) is 0 Å². The van der Waals surface area contributed by atoms with E-state index in [0.717, 1.165) is 41.6 Å². The molecule has 3 aromatic rings. The Morgan fingerprint density at radius 1 is 1.04 bits per heavy atom. The van der Waals surface area contributed by atoms with E-state index in [-0.39, 0.29) is 5.82 Å². The molecule has 5 heteroatoms. The summed E-state index contributed by atoms with van der Waals surface area (Å²) in [5.74, 6) is 0.898. The summed E-state index contributed by atoms with van der Waals surface area (Å²) in [5, 5.41) is 0.766. The molecule has 1 aliphatic rings. The molecule has 0 radical (unpaired) electrons. The summed E-state index contributed by atoms with van der Waals surface area (Å²) in [6, 6.07) is 15.1. The molecule has 1 aliphatic heterocycles. The molecule has 1 aromatic heterocycles. The molecule has 27 heavy (non-hydrogen) atoms. The highest BCUT2D eigenvalue weighted by Gasteiger charge is 2.30. The van der Waals surface area contributed by atoms with Gasteiger partial charge in [-0.05, 0) is 61.7 Å². The van der Waals surface area contributed by atoms with Crippen LogP contribution in [-0.2, 0) is 13.1 Å². The lowest BCUT2D eigenvalue weighted by molar-refractivity contribution is 0.235. The molecule has 2 aromatic carbocycles. The first-order valence-corrected chi connectivity index (χ1v) is 9.73. The molecule has 0 aliphatic carbocycles. The fraction of sp³-hybridized carbons (Fsp3) is 0.318. The summed E-state index contributed by atoms with van der Waals surface area (Å²) in [6.45, 7) is 4.76. The fourth-order valence-electron chi connectivity index (χ4n) is 3.86. The summed E-state index contributed by atoms with van der Waals surface area (Å²) in [4.78, 5) is 7.24. The van der Waals surface area contributed by atoms with Gasteiger partial charge in [0, 0.05) is 30.0 Å². The molecule has 1 fully saturated rings. The van der Waals surface area contributed by atoms with Crippen LogP contribution in [0.15, 0.2) is 54.7 Å². The predicted octanol–water partition coefficient (Wildman–Crippen LogP) is 5.37. The number of aromatic nitrogens is 2. The van der Waals surface area contributed by atoms with Crippen LogP contribution in [0.3, 0.4) is 0 Å². The maximum atomic E-state index is 13.2. The maximum absolute atomic E-state index is 13.2. The molecule has 2 heterocycles. The van der Waals surface area contributed by atoms with Gasteiger partial charge in [0.1, 0.15) is 11.6 Å². The monoisotopic (exact) mass is 383 g/mol. The van der Waals surface area contributed by atoms with E-state index in [0.29, 0.717) is 12.6 Å². The zero-order valence-corrected chi connectivity index (χ0v) is 16.2. The van der Waals surface area contributed by atoms with Gasteiger partial charge in [0.05, 0.1) is 6.04 Å². The number of rotatable bonds is 5. The van der Waals surface area contributed by atoms with Crippen molar-refractivity contribution in [1.82, 2.24) is 14.5 Å². The van der Waals surface area contributed by atoms with Gasteiger partial charge in [-0.25, -0.2) is 9.37 Å². The van der Waals surface area contributed by atoms with E-state index in [1.807, 2.05) is 30.5 Å². The van der Waals surface area contributed by atoms with E-state index in [1.54, 1.807) is 0 Å². The first-order valence-electron chi connectivity index (χ1n) is 9.35. The molecule has 0 spiro atoms. The van der Waals surface area contributed by atoms with E-state index >= 15 is 0 Å². The molecule has 4 rings (SSSR count). The summed E-state index contributed by atoms with van der Waals surface area (Å²) in [5.41, 5.74) is 3.48. The van der Waals surface area contributed by atoms with Crippen LogP contribution in [0.5, 0.6) is 0 Å². The fourth-order valence-corrected chi connectivity index (χ4v) is 3.98. The Bertz CT molecular complexity index is 902. The molecule has 3 nitrogen and oxygen atoms in total. The highest BCUT2D eigenvalue weighted by molar-refractivity contribution is 6.30. The van der Waals surface area contributed by atoms with Crippen molar-refractivity contribution in [2.24, 2.45) is 0 Å². The molecule has 0 bridgehead atoms. The van der Waals surface area contributed by atoms with E-state index in [2.05, 4.69) is 28.5 Å². The Morgan fingerprint density at radius 3 is 2.44 bits per heavy atom. The van der Waals surface area contributed by atoms with Crippen LogP contribution < -0.4 is 0 Å². The first-order chi connectivity index (χ1) is 13.1. The topological polar surface area (TPSA) is 21.1 Å². The minimum absolute atomic E-state index is 0.203. The zero-order chi connectivity index (χ0) is 18.8. The Morgan fingerprint density at radius 2 is 1.70 bits per heavy atom. The lowest BCUT2D eigenvalue weighted by atomic mass is 10.1. The molecule has 1 unspecified atom stereocenters. The van der Waals surface area contributed by atoms with Gasteiger partial charge in [-0.15, -0.1) is 0 Å². The van der Waals surface area contributed by atoms with Crippen LogP contribution >= 0.6 is 11.6 Å². The summed E-state index contributed by atoms with van der Waals surface area (Å²) in [6.07, 6.45) is 4.21. The number of likely N-dealkylation sites (tertiary alicyclic amines) is 1. The Hall–Kier alpha value is -2.17. The van der Waals surface area contributed by atoms with Gasteiger partial charge in [-0.2, -0.15) is 0 Å². The minimum Gasteiger partial charge on any atom is -0.327 e. The van der Waals surface area contributed by atoms with E-state index in [9.17, 15) is 4.39 Å². The second-order valence-corrected chi connectivity index (χ2v) is 7.66.